The summed E-state index contributed by atoms with van der Waals surface area (Å²) >= 11 is 0. The topological polar surface area (TPSA) is 101 Å². The average molecular weight is 435 g/mol. The van der Waals surface area contributed by atoms with Crippen molar-refractivity contribution in [3.63, 3.8) is 0 Å². The fourth-order valence-electron chi connectivity index (χ4n) is 4.07. The van der Waals surface area contributed by atoms with Crippen molar-refractivity contribution in [1.82, 2.24) is 25.4 Å². The number of fused-ring (bicyclic) bond motifs is 1. The van der Waals surface area contributed by atoms with Crippen LogP contribution >= 0.6 is 0 Å². The van der Waals surface area contributed by atoms with Crippen LogP contribution < -0.4 is 10.9 Å². The van der Waals surface area contributed by atoms with E-state index in [4.69, 9.17) is 4.74 Å². The standard InChI is InChI=1S/C20H20F3N5O3/c1-31-17(29)7-11(12-9-25-28-4-2-3-24-19(12)28)18-16(26-27-20(18)30)6-10-5-14(22)15(23)8-13(10)21/h2-5,8-9,11,16,18,20,26-27,30H,6-7H2,1H3. The molecule has 31 heavy (non-hydrogen) atoms. The molecule has 4 unspecified atom stereocenters. The molecule has 8 nitrogen and oxygen atoms in total. The second-order valence-corrected chi connectivity index (χ2v) is 7.35. The second-order valence-electron chi connectivity index (χ2n) is 7.35. The van der Waals surface area contributed by atoms with Gasteiger partial charge in [-0.1, -0.05) is 0 Å². The fourth-order valence-corrected chi connectivity index (χ4v) is 4.07. The van der Waals surface area contributed by atoms with Crippen LogP contribution in [0.2, 0.25) is 0 Å². The number of aliphatic hydroxyl groups excluding tert-OH is 1. The molecular weight excluding hydrogens is 415 g/mol. The molecule has 2 aromatic heterocycles. The minimum Gasteiger partial charge on any atom is -0.469 e. The summed E-state index contributed by atoms with van der Waals surface area (Å²) in [5, 5.41) is 14.9. The summed E-state index contributed by atoms with van der Waals surface area (Å²) in [4.78, 5) is 16.5. The first-order valence-corrected chi connectivity index (χ1v) is 9.56. The van der Waals surface area contributed by atoms with Crippen LogP contribution in [0.5, 0.6) is 0 Å². The number of hydrogen-bond donors (Lipinski definition) is 3. The van der Waals surface area contributed by atoms with Gasteiger partial charge in [-0.05, 0) is 24.1 Å². The molecule has 0 spiro atoms. The van der Waals surface area contributed by atoms with Crippen molar-refractivity contribution in [1.29, 1.82) is 0 Å². The molecule has 3 heterocycles. The van der Waals surface area contributed by atoms with E-state index in [9.17, 15) is 23.1 Å². The highest BCUT2D eigenvalue weighted by atomic mass is 19.2. The number of halogens is 3. The van der Waals surface area contributed by atoms with Crippen LogP contribution in [0.1, 0.15) is 23.5 Å². The molecule has 3 N–H and O–H groups in total. The number of methoxy groups -OCH3 is 1. The summed E-state index contributed by atoms with van der Waals surface area (Å²) < 4.78 is 47.6. The van der Waals surface area contributed by atoms with Crippen LogP contribution in [0.15, 0.2) is 36.8 Å². The Balaban J connectivity index is 1.72. The number of hydrazine groups is 1. The van der Waals surface area contributed by atoms with E-state index in [1.54, 1.807) is 24.7 Å². The second kappa shape index (κ2) is 8.61. The van der Waals surface area contributed by atoms with Crippen LogP contribution in [-0.2, 0) is 16.0 Å². The molecule has 1 aliphatic heterocycles. The summed E-state index contributed by atoms with van der Waals surface area (Å²) in [5.74, 6) is -5.15. The molecule has 0 amide bonds. The first-order chi connectivity index (χ1) is 14.9. The Bertz CT molecular complexity index is 1110. The number of carbonyl (C=O) groups is 1. The quantitative estimate of drug-likeness (QED) is 0.398. The Morgan fingerprint density at radius 2 is 2.03 bits per heavy atom. The number of rotatable bonds is 6. The lowest BCUT2D eigenvalue weighted by Crippen LogP contribution is -2.36. The number of ether oxygens (including phenoxy) is 1. The van der Waals surface area contributed by atoms with E-state index in [-0.39, 0.29) is 18.4 Å². The minimum absolute atomic E-state index is 0.0629. The Labute approximate surface area is 175 Å². The lowest BCUT2D eigenvalue weighted by atomic mass is 9.78. The SMILES string of the molecule is COC(=O)CC(c1cnn2cccnc12)C1C(O)NNC1Cc1cc(F)c(F)cc1F. The fraction of sp³-hybridized carbons (Fsp3) is 0.350. The molecule has 1 fully saturated rings. The van der Waals surface area contributed by atoms with Crippen molar-refractivity contribution < 1.29 is 27.8 Å². The Hall–Kier alpha value is -3.02. The number of nitrogens with zero attached hydrogens (tertiary/aromatic N) is 3. The van der Waals surface area contributed by atoms with Crippen LogP contribution in [0.3, 0.4) is 0 Å². The van der Waals surface area contributed by atoms with E-state index in [1.165, 1.54) is 11.6 Å². The zero-order valence-electron chi connectivity index (χ0n) is 16.4. The van der Waals surface area contributed by atoms with Gasteiger partial charge in [0.25, 0.3) is 0 Å². The summed E-state index contributed by atoms with van der Waals surface area (Å²) in [5.41, 5.74) is 6.57. The Morgan fingerprint density at radius 1 is 1.26 bits per heavy atom. The number of aromatic nitrogens is 3. The number of hydrogen-bond acceptors (Lipinski definition) is 7. The number of aliphatic hydroxyl groups is 1. The van der Waals surface area contributed by atoms with Crippen molar-refractivity contribution in [2.24, 2.45) is 5.92 Å². The maximum absolute atomic E-state index is 14.2. The predicted molar refractivity (Wildman–Crippen MR) is 102 cm³/mol. The number of carbonyl (C=O) groups excluding carboxylic acids is 1. The van der Waals surface area contributed by atoms with Crippen molar-refractivity contribution in [3.8, 4) is 0 Å². The maximum Gasteiger partial charge on any atom is 0.306 e. The van der Waals surface area contributed by atoms with Gasteiger partial charge < -0.3 is 9.84 Å². The molecular formula is C20H20F3N5O3. The molecule has 1 aromatic carbocycles. The maximum atomic E-state index is 14.2. The predicted octanol–water partition coefficient (Wildman–Crippen LogP) is 1.45. The monoisotopic (exact) mass is 435 g/mol. The minimum atomic E-state index is -1.28. The van der Waals surface area contributed by atoms with Crippen LogP contribution in [0, 0.1) is 23.4 Å². The molecule has 0 aliphatic carbocycles. The van der Waals surface area contributed by atoms with E-state index < -0.39 is 47.5 Å². The van der Waals surface area contributed by atoms with Gasteiger partial charge in [-0.25, -0.2) is 28.1 Å². The molecule has 0 radical (unpaired) electrons. The first kappa shape index (κ1) is 21.2. The summed E-state index contributed by atoms with van der Waals surface area (Å²) in [6, 6.07) is 2.35. The van der Waals surface area contributed by atoms with Crippen molar-refractivity contribution in [2.75, 3.05) is 7.11 Å². The summed E-state index contributed by atoms with van der Waals surface area (Å²) in [6.45, 7) is 0. The van der Waals surface area contributed by atoms with E-state index >= 15 is 0 Å². The van der Waals surface area contributed by atoms with E-state index in [2.05, 4.69) is 20.9 Å². The average Bonchev–Trinajstić information content (AvgIpc) is 3.34. The highest BCUT2D eigenvalue weighted by Gasteiger charge is 2.43. The highest BCUT2D eigenvalue weighted by molar-refractivity contribution is 5.71. The lowest BCUT2D eigenvalue weighted by molar-refractivity contribution is -0.141. The smallest absolute Gasteiger partial charge is 0.306 e. The van der Waals surface area contributed by atoms with Gasteiger partial charge in [-0.3, -0.25) is 10.2 Å². The lowest BCUT2D eigenvalue weighted by Gasteiger charge is -2.28. The third-order valence-corrected chi connectivity index (χ3v) is 5.56. The third-order valence-electron chi connectivity index (χ3n) is 5.56. The molecule has 1 aliphatic rings. The zero-order valence-corrected chi connectivity index (χ0v) is 16.4. The number of benzene rings is 1. The largest absolute Gasteiger partial charge is 0.469 e. The van der Waals surface area contributed by atoms with E-state index in [0.717, 1.165) is 6.07 Å². The Morgan fingerprint density at radius 3 is 2.81 bits per heavy atom. The molecule has 4 atom stereocenters. The van der Waals surface area contributed by atoms with Crippen molar-refractivity contribution in [2.45, 2.75) is 31.0 Å². The molecule has 1 saturated heterocycles. The van der Waals surface area contributed by atoms with Crippen LogP contribution in [0.25, 0.3) is 5.65 Å². The third kappa shape index (κ3) is 4.11. The molecule has 4 rings (SSSR count). The molecule has 0 saturated carbocycles. The zero-order chi connectivity index (χ0) is 22.1. The molecule has 164 valence electrons. The van der Waals surface area contributed by atoms with Gasteiger partial charge in [0, 0.05) is 41.9 Å². The molecule has 3 aromatic rings. The summed E-state index contributed by atoms with van der Waals surface area (Å²) in [6.07, 6.45) is 3.53. The normalized spacial score (nSPS) is 22.0. The highest BCUT2D eigenvalue weighted by Crippen LogP contribution is 2.37. The molecule has 0 bridgehead atoms. The van der Waals surface area contributed by atoms with Gasteiger partial charge >= 0.3 is 5.97 Å². The Kier molecular flexibility index (Phi) is 5.90. The summed E-state index contributed by atoms with van der Waals surface area (Å²) in [7, 11) is 1.25. The number of esters is 1. The van der Waals surface area contributed by atoms with Gasteiger partial charge in [0.05, 0.1) is 19.7 Å². The van der Waals surface area contributed by atoms with Gasteiger partial charge in [0.15, 0.2) is 17.3 Å². The van der Waals surface area contributed by atoms with Gasteiger partial charge in [-0.2, -0.15) is 5.10 Å². The molecule has 11 heteroatoms. The van der Waals surface area contributed by atoms with E-state index in [1.807, 2.05) is 0 Å². The first-order valence-electron chi connectivity index (χ1n) is 9.56. The van der Waals surface area contributed by atoms with Gasteiger partial charge in [0.2, 0.25) is 0 Å². The van der Waals surface area contributed by atoms with Crippen molar-refractivity contribution >= 4 is 11.6 Å². The van der Waals surface area contributed by atoms with E-state index in [0.29, 0.717) is 17.3 Å². The van der Waals surface area contributed by atoms with Crippen LogP contribution in [0.4, 0.5) is 13.2 Å². The van der Waals surface area contributed by atoms with Gasteiger partial charge in [0.1, 0.15) is 12.0 Å². The number of nitrogens with one attached hydrogen (secondary N) is 2. The van der Waals surface area contributed by atoms with Crippen molar-refractivity contribution in [3.05, 3.63) is 65.4 Å². The van der Waals surface area contributed by atoms with Crippen LogP contribution in [-0.4, -0.2) is 45.1 Å². The van der Waals surface area contributed by atoms with Gasteiger partial charge in [-0.15, -0.1) is 0 Å².